The summed E-state index contributed by atoms with van der Waals surface area (Å²) in [5.41, 5.74) is 0. The third-order valence-electron chi connectivity index (χ3n) is 0. The molecule has 0 atom stereocenters. The Hall–Kier alpha value is 2.09. The Balaban J connectivity index is -0.00000000500. The fraction of sp³-hybridized carbons (Fsp3) is 0. The van der Waals surface area contributed by atoms with Gasteiger partial charge in [-0.05, 0) is 0 Å². The second-order valence-electron chi connectivity index (χ2n) is 0. The van der Waals surface area contributed by atoms with Gasteiger partial charge in [-0.25, -0.2) is 0 Å². The molecule has 0 unspecified atom stereocenters. The van der Waals surface area contributed by atoms with E-state index in [-0.39, 0.29) is 34.4 Å². The molecule has 0 spiro atoms. The van der Waals surface area contributed by atoms with Gasteiger partial charge in [0, 0.05) is 34.4 Å². The summed E-state index contributed by atoms with van der Waals surface area (Å²) in [6.45, 7) is 0. The molecule has 0 amide bonds. The average Bonchev–Trinajstić information content (AvgIpc) is 1.00. The fourth-order valence-electron chi connectivity index (χ4n) is 0. The van der Waals surface area contributed by atoms with Crippen molar-refractivity contribution in [2.24, 2.45) is 0 Å². The minimum absolute atomic E-state index is 0. The summed E-state index contributed by atoms with van der Waals surface area (Å²) >= 11 is 4.69. The van der Waals surface area contributed by atoms with Crippen LogP contribution in [-0.4, -0.2) is 14.5 Å². The Morgan fingerprint density at radius 1 is 1.25 bits per heavy atom. The molecule has 0 aromatic rings. The summed E-state index contributed by atoms with van der Waals surface area (Å²) < 4.78 is 0. The first-order chi connectivity index (χ1) is 1.00. The molecule has 0 radical (unpaired) electrons. The molecule has 0 rings (SSSR count). The van der Waals surface area contributed by atoms with Gasteiger partial charge in [0.1, 0.15) is 0 Å². The second kappa shape index (κ2) is 19.5. The van der Waals surface area contributed by atoms with Crippen molar-refractivity contribution in [1.82, 2.24) is 0 Å². The maximum absolute atomic E-state index is 3.70. The van der Waals surface area contributed by atoms with Gasteiger partial charge in [0.25, 0.3) is 0 Å². The molecule has 0 aliphatic carbocycles. The van der Waals surface area contributed by atoms with Crippen molar-refractivity contribution in [3.8, 4) is 0 Å². The van der Waals surface area contributed by atoms with E-state index >= 15 is 0 Å². The quantitative estimate of drug-likeness (QED) is 0.439. The molecule has 0 saturated heterocycles. The summed E-state index contributed by atoms with van der Waals surface area (Å²) in [6, 6.07) is 0. The van der Waals surface area contributed by atoms with Crippen LogP contribution in [0.25, 0.3) is 0 Å². The van der Waals surface area contributed by atoms with Gasteiger partial charge in [-0.3, -0.25) is 0 Å². The molecule has 0 aromatic carbocycles. The predicted octanol–water partition coefficient (Wildman–Crippen LogP) is -0.924. The van der Waals surface area contributed by atoms with E-state index in [9.17, 15) is 0 Å². The molecular weight excluding hydrogens is 194 g/mol. The van der Waals surface area contributed by atoms with E-state index in [0.717, 1.165) is 14.5 Å². The van der Waals surface area contributed by atoms with Gasteiger partial charge >= 0.3 is 28.4 Å². The number of rotatable bonds is 0. The Morgan fingerprint density at radius 2 is 1.25 bits per heavy atom. The minimum atomic E-state index is 0. The first-order valence-electron chi connectivity index (χ1n) is 0.333. The van der Waals surface area contributed by atoms with E-state index in [1.54, 1.807) is 0 Å². The summed E-state index contributed by atoms with van der Waals surface area (Å²) in [6.07, 6.45) is 0. The Kier molecular flexibility index (Phi) is 80.5. The molecule has 0 aliphatic heterocycles. The average molecular weight is 196 g/mol. The van der Waals surface area contributed by atoms with Gasteiger partial charge in [-0.2, -0.15) is 0 Å². The largest absolute Gasteiger partial charge is 0 e. The maximum Gasteiger partial charge on any atom is 0 e. The zero-order valence-corrected chi connectivity index (χ0v) is 7.52. The van der Waals surface area contributed by atoms with Crippen LogP contribution in [-0.2, 0) is 48.3 Å². The third kappa shape index (κ3) is 8.94. The summed E-state index contributed by atoms with van der Waals surface area (Å²) in [7, 11) is 0. The molecule has 4 heteroatoms. The molecule has 4 heavy (non-hydrogen) atoms. The van der Waals surface area contributed by atoms with E-state index in [1.807, 2.05) is 0 Å². The molecule has 0 aromatic heterocycles. The van der Waals surface area contributed by atoms with Crippen molar-refractivity contribution in [3.05, 3.63) is 0 Å². The van der Waals surface area contributed by atoms with Crippen LogP contribution in [0.5, 0.6) is 0 Å². The molecular formula is H2AlCoCrFe. The molecule has 0 N–H and O–H groups in total. The third-order valence-corrected chi connectivity index (χ3v) is 0. The number of hydrogen-bond acceptors (Lipinski definition) is 0. The molecule has 0 bridgehead atoms. The van der Waals surface area contributed by atoms with Crippen LogP contribution in [0, 0.1) is 0 Å². The monoisotopic (exact) mass is 196 g/mol. The van der Waals surface area contributed by atoms with Gasteiger partial charge < -0.3 is 0 Å². The summed E-state index contributed by atoms with van der Waals surface area (Å²) in [4.78, 5) is 0. The zero-order valence-electron chi connectivity index (χ0n) is 2.10. The van der Waals surface area contributed by atoms with Crippen molar-refractivity contribution >= 4 is 14.5 Å². The SMILES string of the molecule is [AlH2][Co].[Cr].[Fe]. The Bertz CT molecular complexity index is 8.00. The standard InChI is InChI=1S/Al.Co.Cr.Fe.2H. The van der Waals surface area contributed by atoms with Gasteiger partial charge in [0.2, 0.25) is 0 Å². The van der Waals surface area contributed by atoms with Gasteiger partial charge in [0.15, 0.2) is 0 Å². The molecule has 0 saturated carbocycles. The van der Waals surface area contributed by atoms with E-state index in [4.69, 9.17) is 0 Å². The number of hydrogen-bond donors (Lipinski definition) is 0. The summed E-state index contributed by atoms with van der Waals surface area (Å²) in [5.74, 6) is 0. The normalized spacial score (nSPS) is 1.50. The Labute approximate surface area is 62.3 Å². The van der Waals surface area contributed by atoms with Crippen LogP contribution in [0.4, 0.5) is 0 Å². The fourth-order valence-corrected chi connectivity index (χ4v) is 0. The van der Waals surface area contributed by atoms with Gasteiger partial charge in [-0.15, -0.1) is 0 Å². The predicted molar refractivity (Wildman–Crippen MR) is 8.54 cm³/mol. The van der Waals surface area contributed by atoms with Crippen LogP contribution in [0.2, 0.25) is 0 Å². The van der Waals surface area contributed by atoms with Crippen molar-refractivity contribution in [2.75, 3.05) is 0 Å². The first-order valence-corrected chi connectivity index (χ1v) is 4.12. The van der Waals surface area contributed by atoms with Gasteiger partial charge in [-0.1, -0.05) is 0 Å². The van der Waals surface area contributed by atoms with Crippen molar-refractivity contribution in [1.29, 1.82) is 0 Å². The second-order valence-corrected chi connectivity index (χ2v) is 0. The van der Waals surface area contributed by atoms with E-state index in [2.05, 4.69) is 13.9 Å². The molecule has 0 nitrogen and oxygen atoms in total. The van der Waals surface area contributed by atoms with Crippen LogP contribution < -0.4 is 0 Å². The smallest absolute Gasteiger partial charge is 0 e. The molecule has 28 valence electrons. The van der Waals surface area contributed by atoms with E-state index < -0.39 is 0 Å². The van der Waals surface area contributed by atoms with Crippen LogP contribution in [0.3, 0.4) is 0 Å². The molecule has 0 heterocycles. The van der Waals surface area contributed by atoms with Crippen LogP contribution >= 0.6 is 0 Å². The van der Waals surface area contributed by atoms with Crippen LogP contribution in [0.15, 0.2) is 0 Å². The minimum Gasteiger partial charge on any atom is 0 e. The van der Waals surface area contributed by atoms with E-state index in [0.29, 0.717) is 0 Å². The topological polar surface area (TPSA) is 0 Å². The van der Waals surface area contributed by atoms with Crippen molar-refractivity contribution < 1.29 is 48.3 Å². The molecule has 0 aliphatic rings. The van der Waals surface area contributed by atoms with Crippen molar-refractivity contribution in [2.45, 2.75) is 0 Å². The maximum atomic E-state index is 3.70. The van der Waals surface area contributed by atoms with Gasteiger partial charge in [0.05, 0.1) is 0 Å². The van der Waals surface area contributed by atoms with Crippen LogP contribution in [0.1, 0.15) is 0 Å². The van der Waals surface area contributed by atoms with Crippen molar-refractivity contribution in [3.63, 3.8) is 0 Å². The summed E-state index contributed by atoms with van der Waals surface area (Å²) in [5, 5.41) is 0. The first kappa shape index (κ1) is 16.5. The Morgan fingerprint density at radius 3 is 1.25 bits per heavy atom. The van der Waals surface area contributed by atoms with E-state index in [1.165, 1.54) is 0 Å². The zero-order chi connectivity index (χ0) is 2.00. The molecule has 0 fully saturated rings.